The van der Waals surface area contributed by atoms with Gasteiger partial charge >= 0.3 is 5.97 Å². The fourth-order valence-electron chi connectivity index (χ4n) is 5.32. The molecule has 1 fully saturated rings. The van der Waals surface area contributed by atoms with Gasteiger partial charge in [-0.1, -0.05) is 60.9 Å². The second-order valence-electron chi connectivity index (χ2n) is 10.9. The lowest BCUT2D eigenvalue weighted by molar-refractivity contribution is -0.121. The van der Waals surface area contributed by atoms with Crippen LogP contribution in [0, 0.1) is 6.92 Å². The van der Waals surface area contributed by atoms with Gasteiger partial charge in [-0.05, 0) is 61.6 Å². The van der Waals surface area contributed by atoms with E-state index in [9.17, 15) is 19.5 Å². The van der Waals surface area contributed by atoms with E-state index in [1.807, 2.05) is 49.4 Å². The number of aromatic nitrogens is 2. The van der Waals surface area contributed by atoms with Gasteiger partial charge in [-0.15, -0.1) is 0 Å². The number of carbonyl (C=O) groups excluding carboxylic acids is 2. The number of halogens is 1. The number of nitrogens with one attached hydrogen (secondary N) is 2. The second kappa shape index (κ2) is 14.4. The highest BCUT2D eigenvalue weighted by Gasteiger charge is 2.30. The van der Waals surface area contributed by atoms with Crippen LogP contribution in [0.5, 0.6) is 5.75 Å². The van der Waals surface area contributed by atoms with Gasteiger partial charge in [0.15, 0.2) is 5.69 Å². The highest BCUT2D eigenvalue weighted by atomic mass is 35.5. The molecule has 1 saturated carbocycles. The van der Waals surface area contributed by atoms with Crippen molar-refractivity contribution in [1.29, 1.82) is 0 Å². The first-order valence-corrected chi connectivity index (χ1v) is 15.1. The quantitative estimate of drug-likeness (QED) is 0.256. The van der Waals surface area contributed by atoms with E-state index in [4.69, 9.17) is 21.1 Å². The molecule has 0 radical (unpaired) electrons. The van der Waals surface area contributed by atoms with E-state index in [1.165, 1.54) is 6.07 Å². The number of aromatic carboxylic acids is 1. The number of aryl methyl sites for hydroxylation is 1. The summed E-state index contributed by atoms with van der Waals surface area (Å²) in [7, 11) is 0. The average molecular weight is 619 g/mol. The highest BCUT2D eigenvalue weighted by Crippen LogP contribution is 2.27. The summed E-state index contributed by atoms with van der Waals surface area (Å²) in [5.74, 6) is -1.14. The van der Waals surface area contributed by atoms with Gasteiger partial charge in [0.1, 0.15) is 23.7 Å². The maximum atomic E-state index is 13.5. The van der Waals surface area contributed by atoms with E-state index in [2.05, 4.69) is 15.7 Å². The highest BCUT2D eigenvalue weighted by molar-refractivity contribution is 6.31. The first kappa shape index (κ1) is 31.0. The van der Waals surface area contributed by atoms with Crippen LogP contribution < -0.4 is 15.4 Å². The van der Waals surface area contributed by atoms with Crippen LogP contribution in [0.3, 0.4) is 0 Å². The number of hydrogen-bond donors (Lipinski definition) is 3. The second-order valence-corrected chi connectivity index (χ2v) is 11.3. The summed E-state index contributed by atoms with van der Waals surface area (Å²) in [6.45, 7) is 1.93. The minimum atomic E-state index is -1.30. The number of carboxylic acid groups (broad SMARTS) is 1. The molecule has 44 heavy (non-hydrogen) atoms. The monoisotopic (exact) mass is 618 g/mol. The number of nitrogens with zero attached hydrogens (tertiary/aromatic N) is 2. The predicted octanol–water partition coefficient (Wildman–Crippen LogP) is 5.56. The lowest BCUT2D eigenvalue weighted by atomic mass is 9.92. The summed E-state index contributed by atoms with van der Waals surface area (Å²) >= 11 is 6.14. The molecule has 0 saturated heterocycles. The molecule has 1 aromatic heterocycles. The van der Waals surface area contributed by atoms with Crippen molar-refractivity contribution >= 4 is 29.4 Å². The Labute approximate surface area is 260 Å². The fraction of sp³-hybridized carbons (Fsp3) is 0.333. The van der Waals surface area contributed by atoms with Crippen molar-refractivity contribution in [2.45, 2.75) is 70.7 Å². The Hall–Kier alpha value is -4.41. The Morgan fingerprint density at radius 1 is 1.09 bits per heavy atom. The summed E-state index contributed by atoms with van der Waals surface area (Å²) in [5.41, 5.74) is 2.03. The van der Waals surface area contributed by atoms with E-state index in [0.29, 0.717) is 35.3 Å². The van der Waals surface area contributed by atoms with Gasteiger partial charge < -0.3 is 25.2 Å². The van der Waals surface area contributed by atoms with E-state index >= 15 is 0 Å². The standard InChI is InChI=1S/C33H35ClN4O6/c1-21-17-23(15-16-24(21)34)44-30-14-8-6-12-26(30)35-31(39)19-38-28(18-27(37-38)33(41)42)32(40)36-25-11-5-7-13-29(25)43-20-22-9-3-2-4-10-22/h2-4,6,9-10,12,15-18,25,29H,5,7-8,11,13-14,19-20H2,1H3,(H,35,39)(H,36,40)(H,41,42)/t25-,29-/m0/s1. The number of carbonyl (C=O) groups is 3. The molecule has 230 valence electrons. The topological polar surface area (TPSA) is 132 Å². The summed E-state index contributed by atoms with van der Waals surface area (Å²) in [6.07, 6.45) is 8.24. The van der Waals surface area contributed by atoms with Gasteiger partial charge in [0.25, 0.3) is 5.91 Å². The molecule has 2 aromatic carbocycles. The Bertz CT molecular complexity index is 1580. The molecule has 3 N–H and O–H groups in total. The van der Waals surface area contributed by atoms with Crippen LogP contribution in [0.4, 0.5) is 0 Å². The van der Waals surface area contributed by atoms with E-state index in [0.717, 1.165) is 47.9 Å². The van der Waals surface area contributed by atoms with Crippen LogP contribution in [0.15, 0.2) is 78.2 Å². The van der Waals surface area contributed by atoms with Crippen LogP contribution in [0.1, 0.15) is 70.6 Å². The molecule has 11 heteroatoms. The number of amides is 2. The number of allylic oxidation sites excluding steroid dienone is 3. The first-order valence-electron chi connectivity index (χ1n) is 14.7. The van der Waals surface area contributed by atoms with Gasteiger partial charge in [0.2, 0.25) is 5.91 Å². The molecule has 3 aromatic rings. The van der Waals surface area contributed by atoms with E-state index in [1.54, 1.807) is 18.2 Å². The molecule has 2 amide bonds. The van der Waals surface area contributed by atoms with Crippen LogP contribution >= 0.6 is 11.6 Å². The van der Waals surface area contributed by atoms with Crippen LogP contribution in [0.25, 0.3) is 0 Å². The van der Waals surface area contributed by atoms with Crippen LogP contribution in [0.2, 0.25) is 5.02 Å². The molecule has 2 aliphatic rings. The lowest BCUT2D eigenvalue weighted by Gasteiger charge is -2.32. The summed E-state index contributed by atoms with van der Waals surface area (Å²) in [5, 5.41) is 20.1. The zero-order valence-electron chi connectivity index (χ0n) is 24.4. The fourth-order valence-corrected chi connectivity index (χ4v) is 5.43. The summed E-state index contributed by atoms with van der Waals surface area (Å²) in [4.78, 5) is 38.4. The van der Waals surface area contributed by atoms with Crippen molar-refractivity contribution in [1.82, 2.24) is 20.4 Å². The average Bonchev–Trinajstić information content (AvgIpc) is 3.44. The maximum absolute atomic E-state index is 13.5. The number of ether oxygens (including phenoxy) is 2. The van der Waals surface area contributed by atoms with Crippen LogP contribution in [-0.2, 0) is 22.7 Å². The van der Waals surface area contributed by atoms with Crippen molar-refractivity contribution in [3.05, 3.63) is 106 Å². The molecule has 5 rings (SSSR count). The van der Waals surface area contributed by atoms with Crippen LogP contribution in [-0.4, -0.2) is 44.8 Å². The van der Waals surface area contributed by atoms with Gasteiger partial charge in [-0.2, -0.15) is 5.10 Å². The molecular formula is C33H35ClN4O6. The van der Waals surface area contributed by atoms with Crippen molar-refractivity contribution in [3.8, 4) is 5.75 Å². The SMILES string of the molecule is Cc1cc(OC2=C(NC(=O)Cn3nc(C(=O)O)cc3C(=O)N[C@H]3CCCC[C@@H]3OCc3ccccc3)C=CCC2)ccc1Cl. The van der Waals surface area contributed by atoms with Gasteiger partial charge in [0.05, 0.1) is 24.4 Å². The third-order valence-corrected chi connectivity index (χ3v) is 8.04. The normalized spacial score (nSPS) is 18.1. The van der Waals surface area contributed by atoms with Crippen molar-refractivity contribution in [3.63, 3.8) is 0 Å². The van der Waals surface area contributed by atoms with Crippen molar-refractivity contribution < 1.29 is 29.0 Å². The van der Waals surface area contributed by atoms with Gasteiger partial charge in [-0.25, -0.2) is 9.48 Å². The third kappa shape index (κ3) is 7.94. The number of hydrogen-bond acceptors (Lipinski definition) is 6. The smallest absolute Gasteiger partial charge is 0.356 e. The number of rotatable bonds is 11. The van der Waals surface area contributed by atoms with Gasteiger partial charge in [-0.3, -0.25) is 9.59 Å². The van der Waals surface area contributed by atoms with Crippen molar-refractivity contribution in [2.75, 3.05) is 0 Å². The lowest BCUT2D eigenvalue weighted by Crippen LogP contribution is -2.47. The molecule has 0 spiro atoms. The Morgan fingerprint density at radius 3 is 2.66 bits per heavy atom. The summed E-state index contributed by atoms with van der Waals surface area (Å²) < 4.78 is 13.4. The molecule has 2 aliphatic carbocycles. The zero-order valence-corrected chi connectivity index (χ0v) is 25.2. The van der Waals surface area contributed by atoms with Gasteiger partial charge in [0, 0.05) is 17.5 Å². The molecule has 0 bridgehead atoms. The minimum absolute atomic E-state index is 0.0220. The molecule has 2 atom stereocenters. The van der Waals surface area contributed by atoms with E-state index in [-0.39, 0.29) is 30.1 Å². The van der Waals surface area contributed by atoms with Crippen molar-refractivity contribution in [2.24, 2.45) is 0 Å². The molecule has 0 unspecified atom stereocenters. The van der Waals surface area contributed by atoms with E-state index < -0.39 is 17.8 Å². The maximum Gasteiger partial charge on any atom is 0.356 e. The predicted molar refractivity (Wildman–Crippen MR) is 164 cm³/mol. The number of benzene rings is 2. The Morgan fingerprint density at radius 2 is 1.89 bits per heavy atom. The number of carboxylic acids is 1. The first-order chi connectivity index (χ1) is 21.3. The molecule has 10 nitrogen and oxygen atoms in total. The largest absolute Gasteiger partial charge is 0.476 e. The molecule has 1 heterocycles. The zero-order chi connectivity index (χ0) is 31.1. The summed E-state index contributed by atoms with van der Waals surface area (Å²) in [6, 6.07) is 16.1. The Balaban J connectivity index is 1.28. The Kier molecular flexibility index (Phi) is 10.1. The molecule has 0 aliphatic heterocycles. The third-order valence-electron chi connectivity index (χ3n) is 7.62. The minimum Gasteiger partial charge on any atom is -0.476 e. The molecular weight excluding hydrogens is 584 g/mol.